The van der Waals surface area contributed by atoms with Gasteiger partial charge in [-0.3, -0.25) is 9.59 Å². The standard InChI is InChI=1S/C26H36N4O4/c1-34-23-7-3-2-5-20(23)14-27-25(32)19-9-11-28(12-10-19)26(33)29-15-18-13-21(17-29)22-6-4-8-24(31)30(22)16-18/h2-3,5,7,18-19,21-22H,4,6,8-17H2,1H3,(H,27,32)/t18?,21?,22-/m1/s1. The summed E-state index contributed by atoms with van der Waals surface area (Å²) in [4.78, 5) is 44.5. The van der Waals surface area contributed by atoms with Crippen LogP contribution in [0.3, 0.4) is 0 Å². The molecule has 0 saturated carbocycles. The number of carbonyl (C=O) groups is 3. The van der Waals surface area contributed by atoms with Crippen LogP contribution in [0.15, 0.2) is 24.3 Å². The molecule has 0 aliphatic carbocycles. The maximum absolute atomic E-state index is 13.3. The minimum atomic E-state index is -0.0682. The van der Waals surface area contributed by atoms with Crippen LogP contribution in [0.1, 0.15) is 44.1 Å². The summed E-state index contributed by atoms with van der Waals surface area (Å²) >= 11 is 0. The van der Waals surface area contributed by atoms with Crippen LogP contribution in [0, 0.1) is 17.8 Å². The first-order valence-corrected chi connectivity index (χ1v) is 12.8. The molecule has 0 radical (unpaired) electrons. The highest BCUT2D eigenvalue weighted by Gasteiger charge is 2.45. The molecule has 4 aliphatic heterocycles. The number of ether oxygens (including phenoxy) is 1. The number of hydrogen-bond acceptors (Lipinski definition) is 4. The fraction of sp³-hybridized carbons (Fsp3) is 0.654. The molecular weight excluding hydrogens is 432 g/mol. The third kappa shape index (κ3) is 4.59. The van der Waals surface area contributed by atoms with Crippen molar-refractivity contribution < 1.29 is 19.1 Å². The van der Waals surface area contributed by atoms with Crippen molar-refractivity contribution in [3.05, 3.63) is 29.8 Å². The zero-order chi connectivity index (χ0) is 23.7. The Bertz CT molecular complexity index is 929. The van der Waals surface area contributed by atoms with E-state index in [-0.39, 0.29) is 17.9 Å². The normalized spacial score (nSPS) is 27.3. The van der Waals surface area contributed by atoms with Crippen molar-refractivity contribution in [2.24, 2.45) is 17.8 Å². The van der Waals surface area contributed by atoms with Gasteiger partial charge in [-0.1, -0.05) is 18.2 Å². The molecule has 0 spiro atoms. The van der Waals surface area contributed by atoms with Gasteiger partial charge in [-0.2, -0.15) is 0 Å². The monoisotopic (exact) mass is 468 g/mol. The number of nitrogens with one attached hydrogen (secondary N) is 1. The average molecular weight is 469 g/mol. The number of piperidine rings is 4. The zero-order valence-electron chi connectivity index (χ0n) is 20.1. The average Bonchev–Trinajstić information content (AvgIpc) is 2.87. The van der Waals surface area contributed by atoms with Crippen molar-refractivity contribution in [2.45, 2.75) is 51.1 Å². The lowest BCUT2D eigenvalue weighted by molar-refractivity contribution is -0.144. The molecule has 0 aromatic heterocycles. The number of fused-ring (bicyclic) bond motifs is 4. The molecule has 34 heavy (non-hydrogen) atoms. The number of rotatable bonds is 4. The number of hydrogen-bond donors (Lipinski definition) is 1. The number of methoxy groups -OCH3 is 1. The fourth-order valence-electron chi connectivity index (χ4n) is 6.47. The Morgan fingerprint density at radius 2 is 1.85 bits per heavy atom. The lowest BCUT2D eigenvalue weighted by atomic mass is 9.76. The smallest absolute Gasteiger partial charge is 0.320 e. The van der Waals surface area contributed by atoms with E-state index in [0.29, 0.717) is 62.7 Å². The fourth-order valence-corrected chi connectivity index (χ4v) is 6.47. The molecule has 184 valence electrons. The third-order valence-electron chi connectivity index (χ3n) is 8.23. The number of carbonyl (C=O) groups excluding carboxylic acids is 3. The first-order valence-electron chi connectivity index (χ1n) is 12.8. The molecule has 8 nitrogen and oxygen atoms in total. The lowest BCUT2D eigenvalue weighted by Gasteiger charge is -2.53. The minimum absolute atomic E-state index is 0.0487. The van der Waals surface area contributed by atoms with Crippen molar-refractivity contribution in [2.75, 3.05) is 39.8 Å². The van der Waals surface area contributed by atoms with Crippen molar-refractivity contribution in [1.29, 1.82) is 0 Å². The highest BCUT2D eigenvalue weighted by Crippen LogP contribution is 2.38. The molecule has 2 unspecified atom stereocenters. The third-order valence-corrected chi connectivity index (χ3v) is 8.23. The molecule has 1 aromatic carbocycles. The van der Waals surface area contributed by atoms with Crippen LogP contribution in [-0.2, 0) is 16.1 Å². The van der Waals surface area contributed by atoms with Crippen LogP contribution in [-0.4, -0.2) is 78.4 Å². The first kappa shape index (κ1) is 23.0. The predicted octanol–water partition coefficient (Wildman–Crippen LogP) is 2.48. The molecule has 4 saturated heterocycles. The van der Waals surface area contributed by atoms with Gasteiger partial charge in [-0.05, 0) is 50.0 Å². The Morgan fingerprint density at radius 3 is 2.65 bits per heavy atom. The highest BCUT2D eigenvalue weighted by molar-refractivity contribution is 5.80. The summed E-state index contributed by atoms with van der Waals surface area (Å²) in [5.41, 5.74) is 0.958. The molecule has 1 N–H and O–H groups in total. The maximum Gasteiger partial charge on any atom is 0.320 e. The quantitative estimate of drug-likeness (QED) is 0.736. The zero-order valence-corrected chi connectivity index (χ0v) is 20.1. The predicted molar refractivity (Wildman–Crippen MR) is 127 cm³/mol. The van der Waals surface area contributed by atoms with E-state index < -0.39 is 0 Å². The van der Waals surface area contributed by atoms with Crippen LogP contribution >= 0.6 is 0 Å². The number of amides is 4. The molecule has 5 rings (SSSR count). The number of urea groups is 1. The SMILES string of the molecule is COc1ccccc1CNC(=O)C1CCN(C(=O)N2CC3CC(C2)[C@H]2CCCC(=O)N2C3)CC1. The van der Waals surface area contributed by atoms with Gasteiger partial charge in [0.25, 0.3) is 0 Å². The van der Waals surface area contributed by atoms with Gasteiger partial charge in [0.2, 0.25) is 11.8 Å². The summed E-state index contributed by atoms with van der Waals surface area (Å²) < 4.78 is 5.36. The summed E-state index contributed by atoms with van der Waals surface area (Å²) in [6, 6.07) is 8.12. The number of benzene rings is 1. The Labute approximate surface area is 201 Å². The lowest BCUT2D eigenvalue weighted by Crippen LogP contribution is -2.62. The molecule has 3 atom stereocenters. The molecule has 2 bridgehead atoms. The van der Waals surface area contributed by atoms with Gasteiger partial charge in [-0.25, -0.2) is 4.79 Å². The molecule has 4 fully saturated rings. The summed E-state index contributed by atoms with van der Waals surface area (Å²) in [6.07, 6.45) is 5.24. The van der Waals surface area contributed by atoms with Crippen LogP contribution in [0.4, 0.5) is 4.79 Å². The van der Waals surface area contributed by atoms with E-state index >= 15 is 0 Å². The number of likely N-dealkylation sites (tertiary alicyclic amines) is 2. The van der Waals surface area contributed by atoms with Gasteiger partial charge in [0.05, 0.1) is 7.11 Å². The summed E-state index contributed by atoms with van der Waals surface area (Å²) in [7, 11) is 1.63. The van der Waals surface area contributed by atoms with E-state index in [4.69, 9.17) is 4.74 Å². The van der Waals surface area contributed by atoms with Crippen molar-refractivity contribution >= 4 is 17.8 Å². The van der Waals surface area contributed by atoms with E-state index in [2.05, 4.69) is 10.2 Å². The second kappa shape index (κ2) is 9.84. The second-order valence-electron chi connectivity index (χ2n) is 10.3. The van der Waals surface area contributed by atoms with Gasteiger partial charge >= 0.3 is 6.03 Å². The summed E-state index contributed by atoms with van der Waals surface area (Å²) in [5, 5.41) is 3.04. The first-order chi connectivity index (χ1) is 16.5. The van der Waals surface area contributed by atoms with Crippen LogP contribution in [0.2, 0.25) is 0 Å². The molecule has 4 heterocycles. The second-order valence-corrected chi connectivity index (χ2v) is 10.3. The van der Waals surface area contributed by atoms with Gasteiger partial charge in [0.15, 0.2) is 0 Å². The van der Waals surface area contributed by atoms with Crippen LogP contribution in [0.5, 0.6) is 5.75 Å². The largest absolute Gasteiger partial charge is 0.496 e. The molecule has 8 heteroatoms. The van der Waals surface area contributed by atoms with Gasteiger partial charge in [0, 0.05) is 63.2 Å². The van der Waals surface area contributed by atoms with Crippen molar-refractivity contribution in [3.63, 3.8) is 0 Å². The Hall–Kier alpha value is -2.77. The van der Waals surface area contributed by atoms with Crippen molar-refractivity contribution in [3.8, 4) is 5.75 Å². The highest BCUT2D eigenvalue weighted by atomic mass is 16.5. The molecule has 1 aromatic rings. The Balaban J connectivity index is 1.11. The number of nitrogens with zero attached hydrogens (tertiary/aromatic N) is 3. The van der Waals surface area contributed by atoms with Crippen LogP contribution in [0.25, 0.3) is 0 Å². The van der Waals surface area contributed by atoms with E-state index in [1.807, 2.05) is 34.1 Å². The minimum Gasteiger partial charge on any atom is -0.496 e. The van der Waals surface area contributed by atoms with E-state index in [9.17, 15) is 14.4 Å². The Kier molecular flexibility index (Phi) is 6.66. The van der Waals surface area contributed by atoms with E-state index in [1.54, 1.807) is 7.11 Å². The van der Waals surface area contributed by atoms with E-state index in [0.717, 1.165) is 50.2 Å². The van der Waals surface area contributed by atoms with Crippen molar-refractivity contribution in [1.82, 2.24) is 20.0 Å². The molecule has 4 amide bonds. The van der Waals surface area contributed by atoms with Gasteiger partial charge in [-0.15, -0.1) is 0 Å². The van der Waals surface area contributed by atoms with E-state index in [1.165, 1.54) is 0 Å². The topological polar surface area (TPSA) is 82.2 Å². The maximum atomic E-state index is 13.3. The summed E-state index contributed by atoms with van der Waals surface area (Å²) in [5.74, 6) is 1.85. The number of para-hydroxylation sites is 1. The summed E-state index contributed by atoms with van der Waals surface area (Å²) in [6.45, 7) is 3.97. The van der Waals surface area contributed by atoms with Crippen LogP contribution < -0.4 is 10.1 Å². The molecular formula is C26H36N4O4. The molecule has 4 aliphatic rings. The van der Waals surface area contributed by atoms with Gasteiger partial charge in [0.1, 0.15) is 5.75 Å². The van der Waals surface area contributed by atoms with Gasteiger partial charge < -0.3 is 24.8 Å². The Morgan fingerprint density at radius 1 is 1.06 bits per heavy atom.